The molecule has 4 amide bonds. The van der Waals surface area contributed by atoms with Crippen molar-refractivity contribution in [3.63, 3.8) is 0 Å². The Hall–Kier alpha value is -3.22. The lowest BCUT2D eigenvalue weighted by Gasteiger charge is -2.25. The molecule has 9 N–H and O–H groups in total. The van der Waals surface area contributed by atoms with E-state index in [1.807, 2.05) is 5.32 Å². The number of rotatable bonds is 13. The summed E-state index contributed by atoms with van der Waals surface area (Å²) < 4.78 is 0. The zero-order chi connectivity index (χ0) is 23.6. The molecule has 0 aromatic carbocycles. The molecule has 13 nitrogen and oxygen atoms in total. The Bertz CT molecular complexity index is 681. The van der Waals surface area contributed by atoms with Crippen LogP contribution >= 0.6 is 0 Å². The summed E-state index contributed by atoms with van der Waals surface area (Å²) in [6, 6.07) is -5.02. The molecule has 0 aromatic rings. The number of aliphatic carboxylic acids is 2. The molecule has 0 aliphatic carbocycles. The molecule has 0 saturated carbocycles. The number of carboxylic acids is 2. The van der Waals surface area contributed by atoms with Crippen LogP contribution in [0.4, 0.5) is 0 Å². The van der Waals surface area contributed by atoms with Crippen LogP contribution in [0.2, 0.25) is 0 Å². The van der Waals surface area contributed by atoms with Gasteiger partial charge < -0.3 is 37.6 Å². The third-order valence-corrected chi connectivity index (χ3v) is 4.03. The van der Waals surface area contributed by atoms with E-state index in [0.717, 1.165) is 0 Å². The van der Waals surface area contributed by atoms with E-state index < -0.39 is 72.1 Å². The molecule has 0 heterocycles. The van der Waals surface area contributed by atoms with E-state index in [-0.39, 0.29) is 12.8 Å². The average molecular weight is 431 g/mol. The van der Waals surface area contributed by atoms with Gasteiger partial charge in [-0.3, -0.25) is 24.0 Å². The van der Waals surface area contributed by atoms with E-state index in [0.29, 0.717) is 0 Å². The fourth-order valence-electron chi connectivity index (χ4n) is 2.26. The predicted octanol–water partition coefficient (Wildman–Crippen LogP) is -2.73. The van der Waals surface area contributed by atoms with E-state index in [9.17, 15) is 28.8 Å². The molecule has 0 aliphatic heterocycles. The Morgan fingerprint density at radius 2 is 1.43 bits per heavy atom. The smallest absolute Gasteiger partial charge is 0.326 e. The van der Waals surface area contributed by atoms with Gasteiger partial charge in [-0.1, -0.05) is 13.8 Å². The molecule has 0 aromatic heterocycles. The molecular weight excluding hydrogens is 402 g/mol. The minimum Gasteiger partial charge on any atom is -0.481 e. The number of primary amides is 1. The summed E-state index contributed by atoms with van der Waals surface area (Å²) in [5, 5.41) is 24.5. The standard InChI is InChI=1S/C17H29N5O8/c1-7(2)13(22-15(27)9(18)4-5-11(19)23)16(28)20-8(3)14(26)21-10(17(29)30)6-12(24)25/h7-10,13H,4-6,18H2,1-3H3,(H2,19,23)(H,20,28)(H,21,26)(H,22,27)(H,24,25)(H,29,30). The second-order valence-corrected chi connectivity index (χ2v) is 7.07. The van der Waals surface area contributed by atoms with E-state index in [2.05, 4.69) is 10.6 Å². The first-order chi connectivity index (χ1) is 13.8. The quantitative estimate of drug-likeness (QED) is 0.160. The summed E-state index contributed by atoms with van der Waals surface area (Å²) >= 11 is 0. The fraction of sp³-hybridized carbons (Fsp3) is 0.647. The van der Waals surface area contributed by atoms with Gasteiger partial charge in [0.25, 0.3) is 0 Å². The predicted molar refractivity (Wildman–Crippen MR) is 103 cm³/mol. The number of hydrogen-bond acceptors (Lipinski definition) is 7. The van der Waals surface area contributed by atoms with Crippen LogP contribution < -0.4 is 27.4 Å². The molecule has 0 bridgehead atoms. The molecule has 30 heavy (non-hydrogen) atoms. The van der Waals surface area contributed by atoms with Gasteiger partial charge in [0.15, 0.2) is 0 Å². The molecular formula is C17H29N5O8. The lowest BCUT2D eigenvalue weighted by Crippen LogP contribution is -2.57. The molecule has 170 valence electrons. The van der Waals surface area contributed by atoms with Crippen molar-refractivity contribution in [1.29, 1.82) is 0 Å². The van der Waals surface area contributed by atoms with Gasteiger partial charge >= 0.3 is 11.9 Å². The summed E-state index contributed by atoms with van der Waals surface area (Å²) in [5.74, 6) is -6.31. The summed E-state index contributed by atoms with van der Waals surface area (Å²) in [5.41, 5.74) is 10.7. The van der Waals surface area contributed by atoms with Crippen LogP contribution in [0.5, 0.6) is 0 Å². The number of hydrogen-bond donors (Lipinski definition) is 7. The molecule has 0 fully saturated rings. The maximum atomic E-state index is 12.5. The van der Waals surface area contributed by atoms with Crippen LogP contribution in [0.25, 0.3) is 0 Å². The Morgan fingerprint density at radius 1 is 0.867 bits per heavy atom. The number of amides is 4. The second-order valence-electron chi connectivity index (χ2n) is 7.07. The second kappa shape index (κ2) is 12.4. The highest BCUT2D eigenvalue weighted by Crippen LogP contribution is 2.05. The Kier molecular flexibility index (Phi) is 11.0. The van der Waals surface area contributed by atoms with Gasteiger partial charge in [0.1, 0.15) is 18.1 Å². The average Bonchev–Trinajstić information content (AvgIpc) is 2.61. The van der Waals surface area contributed by atoms with E-state index in [1.54, 1.807) is 13.8 Å². The van der Waals surface area contributed by atoms with Crippen molar-refractivity contribution < 1.29 is 39.0 Å². The molecule has 13 heteroatoms. The summed E-state index contributed by atoms with van der Waals surface area (Å²) in [7, 11) is 0. The van der Waals surface area contributed by atoms with Gasteiger partial charge in [0.2, 0.25) is 23.6 Å². The highest BCUT2D eigenvalue weighted by molar-refractivity contribution is 5.94. The Morgan fingerprint density at radius 3 is 1.87 bits per heavy atom. The van der Waals surface area contributed by atoms with Crippen LogP contribution in [-0.2, 0) is 28.8 Å². The molecule has 0 radical (unpaired) electrons. The van der Waals surface area contributed by atoms with Gasteiger partial charge in [0.05, 0.1) is 12.5 Å². The van der Waals surface area contributed by atoms with Crippen molar-refractivity contribution in [2.45, 2.75) is 64.2 Å². The van der Waals surface area contributed by atoms with Crippen molar-refractivity contribution >= 4 is 35.6 Å². The SMILES string of the molecule is CC(NC(=O)C(NC(=O)C(N)CCC(N)=O)C(C)C)C(=O)NC(CC(=O)O)C(=O)O. The topological polar surface area (TPSA) is 231 Å². The highest BCUT2D eigenvalue weighted by atomic mass is 16.4. The maximum Gasteiger partial charge on any atom is 0.326 e. The van der Waals surface area contributed by atoms with Gasteiger partial charge in [-0.05, 0) is 19.3 Å². The van der Waals surface area contributed by atoms with Crippen LogP contribution in [0, 0.1) is 5.92 Å². The van der Waals surface area contributed by atoms with E-state index >= 15 is 0 Å². The molecule has 0 aliphatic rings. The Labute approximate surface area is 172 Å². The lowest BCUT2D eigenvalue weighted by atomic mass is 10.0. The number of carboxylic acid groups (broad SMARTS) is 2. The monoisotopic (exact) mass is 431 g/mol. The van der Waals surface area contributed by atoms with Crippen LogP contribution in [0.1, 0.15) is 40.0 Å². The number of carbonyl (C=O) groups is 6. The number of nitrogens with two attached hydrogens (primary N) is 2. The summed E-state index contributed by atoms with van der Waals surface area (Å²) in [6.07, 6.45) is -0.951. The third-order valence-electron chi connectivity index (χ3n) is 4.03. The molecule has 0 rings (SSSR count). The molecule has 0 saturated heterocycles. The zero-order valence-electron chi connectivity index (χ0n) is 17.0. The normalized spacial score (nSPS) is 14.7. The highest BCUT2D eigenvalue weighted by Gasteiger charge is 2.30. The summed E-state index contributed by atoms with van der Waals surface area (Å²) in [6.45, 7) is 4.54. The van der Waals surface area contributed by atoms with Gasteiger partial charge in [-0.15, -0.1) is 0 Å². The van der Waals surface area contributed by atoms with Crippen LogP contribution in [0.3, 0.4) is 0 Å². The number of carbonyl (C=O) groups excluding carboxylic acids is 4. The first-order valence-corrected chi connectivity index (χ1v) is 9.15. The minimum atomic E-state index is -1.67. The maximum absolute atomic E-state index is 12.5. The van der Waals surface area contributed by atoms with Crippen molar-refractivity contribution in [3.8, 4) is 0 Å². The van der Waals surface area contributed by atoms with Gasteiger partial charge in [-0.25, -0.2) is 4.79 Å². The van der Waals surface area contributed by atoms with Crippen molar-refractivity contribution in [3.05, 3.63) is 0 Å². The largest absolute Gasteiger partial charge is 0.481 e. The third kappa shape index (κ3) is 9.82. The first kappa shape index (κ1) is 26.8. The van der Waals surface area contributed by atoms with Gasteiger partial charge in [0, 0.05) is 6.42 Å². The zero-order valence-corrected chi connectivity index (χ0v) is 17.0. The lowest BCUT2D eigenvalue weighted by molar-refractivity contribution is -0.147. The summed E-state index contributed by atoms with van der Waals surface area (Å²) in [4.78, 5) is 69.3. The van der Waals surface area contributed by atoms with Crippen LogP contribution in [-0.4, -0.2) is 69.9 Å². The fourth-order valence-corrected chi connectivity index (χ4v) is 2.26. The van der Waals surface area contributed by atoms with Gasteiger partial charge in [-0.2, -0.15) is 0 Å². The Balaban J connectivity index is 4.98. The molecule has 0 spiro atoms. The van der Waals surface area contributed by atoms with Crippen molar-refractivity contribution in [1.82, 2.24) is 16.0 Å². The molecule has 4 unspecified atom stereocenters. The van der Waals surface area contributed by atoms with E-state index in [1.165, 1.54) is 6.92 Å². The number of nitrogens with one attached hydrogen (secondary N) is 3. The van der Waals surface area contributed by atoms with Crippen LogP contribution in [0.15, 0.2) is 0 Å². The van der Waals surface area contributed by atoms with E-state index in [4.69, 9.17) is 21.7 Å². The minimum absolute atomic E-state index is 0.00738. The molecule has 4 atom stereocenters. The first-order valence-electron chi connectivity index (χ1n) is 9.15. The van der Waals surface area contributed by atoms with Crippen molar-refractivity contribution in [2.75, 3.05) is 0 Å². The van der Waals surface area contributed by atoms with Crippen molar-refractivity contribution in [2.24, 2.45) is 17.4 Å².